The maximum absolute atomic E-state index is 12.7. The summed E-state index contributed by atoms with van der Waals surface area (Å²) in [5.74, 6) is -0.518. The molecule has 1 amide bonds. The first-order valence-electron chi connectivity index (χ1n) is 10.8. The number of benzene rings is 3. The predicted molar refractivity (Wildman–Crippen MR) is 144 cm³/mol. The molecule has 0 saturated carbocycles. The Bertz CT molecular complexity index is 1150. The van der Waals surface area contributed by atoms with Gasteiger partial charge in [-0.2, -0.15) is 0 Å². The van der Waals surface area contributed by atoms with E-state index in [4.69, 9.17) is 17.0 Å². The smallest absolute Gasteiger partial charge is 0.338 e. The van der Waals surface area contributed by atoms with Crippen LogP contribution in [0.5, 0.6) is 0 Å². The number of hydrogen-bond donors (Lipinski definition) is 3. The highest BCUT2D eigenvalue weighted by Gasteiger charge is 2.15. The number of aryl methyl sites for hydroxylation is 1. The van der Waals surface area contributed by atoms with Gasteiger partial charge < -0.3 is 20.7 Å². The Morgan fingerprint density at radius 2 is 1.53 bits per heavy atom. The van der Waals surface area contributed by atoms with Crippen molar-refractivity contribution in [3.8, 4) is 0 Å². The van der Waals surface area contributed by atoms with Crippen LogP contribution in [0.4, 0.5) is 17.1 Å². The van der Waals surface area contributed by atoms with Gasteiger partial charge in [-0.15, -0.1) is 11.8 Å². The average molecular weight is 494 g/mol. The van der Waals surface area contributed by atoms with Gasteiger partial charge in [0.15, 0.2) is 5.11 Å². The van der Waals surface area contributed by atoms with E-state index in [0.717, 1.165) is 16.3 Å². The SMILES string of the molecule is CCOC(=O)c1ccc(NC(=O)C(C)Sc2cccc(NC(=S)Nc3ccc(C)cc3)c2)cc1. The number of ether oxygens (including phenoxy) is 1. The van der Waals surface area contributed by atoms with E-state index in [9.17, 15) is 9.59 Å². The molecule has 34 heavy (non-hydrogen) atoms. The molecule has 176 valence electrons. The third-order valence-electron chi connectivity index (χ3n) is 4.75. The predicted octanol–water partition coefficient (Wildman–Crippen LogP) is 6.10. The van der Waals surface area contributed by atoms with Crippen LogP contribution in [0.25, 0.3) is 0 Å². The van der Waals surface area contributed by atoms with Crippen molar-refractivity contribution in [2.24, 2.45) is 0 Å². The van der Waals surface area contributed by atoms with E-state index in [1.165, 1.54) is 17.3 Å². The van der Waals surface area contributed by atoms with Gasteiger partial charge in [0.1, 0.15) is 0 Å². The molecule has 0 saturated heterocycles. The van der Waals surface area contributed by atoms with Crippen molar-refractivity contribution in [3.63, 3.8) is 0 Å². The molecule has 1 atom stereocenters. The Hall–Kier alpha value is -3.36. The normalized spacial score (nSPS) is 11.3. The maximum atomic E-state index is 12.7. The highest BCUT2D eigenvalue weighted by molar-refractivity contribution is 8.00. The van der Waals surface area contributed by atoms with Crippen LogP contribution in [0.1, 0.15) is 29.8 Å². The molecule has 0 spiro atoms. The van der Waals surface area contributed by atoms with Gasteiger partial charge in [-0.1, -0.05) is 23.8 Å². The lowest BCUT2D eigenvalue weighted by molar-refractivity contribution is -0.115. The van der Waals surface area contributed by atoms with Gasteiger partial charge in [0.25, 0.3) is 0 Å². The molecule has 0 fully saturated rings. The average Bonchev–Trinajstić information content (AvgIpc) is 2.81. The fraction of sp³-hybridized carbons (Fsp3) is 0.192. The van der Waals surface area contributed by atoms with Gasteiger partial charge in [-0.25, -0.2) is 4.79 Å². The van der Waals surface area contributed by atoms with Crippen molar-refractivity contribution in [1.29, 1.82) is 0 Å². The zero-order chi connectivity index (χ0) is 24.5. The molecule has 0 aliphatic rings. The van der Waals surface area contributed by atoms with E-state index in [-0.39, 0.29) is 17.1 Å². The summed E-state index contributed by atoms with van der Waals surface area (Å²) in [6, 6.07) is 22.4. The highest BCUT2D eigenvalue weighted by Crippen LogP contribution is 2.27. The number of thiocarbonyl (C=S) groups is 1. The molecule has 3 N–H and O–H groups in total. The summed E-state index contributed by atoms with van der Waals surface area (Å²) in [7, 11) is 0. The number of carbonyl (C=O) groups excluding carboxylic acids is 2. The lowest BCUT2D eigenvalue weighted by Gasteiger charge is -2.14. The number of thioether (sulfide) groups is 1. The van der Waals surface area contributed by atoms with Gasteiger partial charge in [-0.05, 0) is 87.6 Å². The van der Waals surface area contributed by atoms with Crippen LogP contribution in [0.2, 0.25) is 0 Å². The second-order valence-electron chi connectivity index (χ2n) is 7.52. The summed E-state index contributed by atoms with van der Waals surface area (Å²) in [5, 5.41) is 9.37. The molecule has 0 heterocycles. The van der Waals surface area contributed by atoms with Crippen molar-refractivity contribution < 1.29 is 14.3 Å². The number of hydrogen-bond acceptors (Lipinski definition) is 5. The Kier molecular flexibility index (Phi) is 9.07. The zero-order valence-corrected chi connectivity index (χ0v) is 20.9. The van der Waals surface area contributed by atoms with Gasteiger partial charge in [0.05, 0.1) is 17.4 Å². The fourth-order valence-corrected chi connectivity index (χ4v) is 4.15. The maximum Gasteiger partial charge on any atom is 0.338 e. The summed E-state index contributed by atoms with van der Waals surface area (Å²) in [5.41, 5.74) is 3.99. The number of rotatable bonds is 8. The minimum absolute atomic E-state index is 0.135. The van der Waals surface area contributed by atoms with Gasteiger partial charge in [0, 0.05) is 22.0 Å². The first kappa shape index (κ1) is 25.3. The molecule has 3 aromatic rings. The minimum atomic E-state index is -0.383. The van der Waals surface area contributed by atoms with Crippen molar-refractivity contribution in [3.05, 3.63) is 83.9 Å². The summed E-state index contributed by atoms with van der Waals surface area (Å²) < 4.78 is 4.97. The second kappa shape index (κ2) is 12.2. The third kappa shape index (κ3) is 7.60. The molecule has 0 aromatic heterocycles. The molecular weight excluding hydrogens is 466 g/mol. The molecule has 0 bridgehead atoms. The molecule has 3 aromatic carbocycles. The second-order valence-corrected chi connectivity index (χ2v) is 9.34. The Labute approximate surface area is 209 Å². The van der Waals surface area contributed by atoms with Crippen molar-refractivity contribution >= 4 is 58.0 Å². The van der Waals surface area contributed by atoms with Crippen LogP contribution < -0.4 is 16.0 Å². The van der Waals surface area contributed by atoms with Crippen LogP contribution in [0.15, 0.2) is 77.7 Å². The molecule has 0 aliphatic carbocycles. The van der Waals surface area contributed by atoms with Gasteiger partial charge in [-0.3, -0.25) is 4.79 Å². The topological polar surface area (TPSA) is 79.5 Å². The number of esters is 1. The van der Waals surface area contributed by atoms with Crippen molar-refractivity contribution in [2.75, 3.05) is 22.6 Å². The van der Waals surface area contributed by atoms with Crippen LogP contribution >= 0.6 is 24.0 Å². The Morgan fingerprint density at radius 3 is 2.21 bits per heavy atom. The van der Waals surface area contributed by atoms with Crippen molar-refractivity contribution in [2.45, 2.75) is 30.9 Å². The quantitative estimate of drug-likeness (QED) is 0.199. The molecule has 3 rings (SSSR count). The van der Waals surface area contributed by atoms with Crippen LogP contribution in [0, 0.1) is 6.92 Å². The summed E-state index contributed by atoms with van der Waals surface area (Å²) in [6.07, 6.45) is 0. The number of nitrogens with one attached hydrogen (secondary N) is 3. The largest absolute Gasteiger partial charge is 0.462 e. The fourth-order valence-electron chi connectivity index (χ4n) is 2.98. The molecule has 0 radical (unpaired) electrons. The minimum Gasteiger partial charge on any atom is -0.462 e. The van der Waals surface area contributed by atoms with E-state index < -0.39 is 0 Å². The molecule has 8 heteroatoms. The summed E-state index contributed by atoms with van der Waals surface area (Å²) in [6.45, 7) is 5.95. The Morgan fingerprint density at radius 1 is 0.912 bits per heavy atom. The first-order valence-corrected chi connectivity index (χ1v) is 12.1. The Balaban J connectivity index is 1.54. The van der Waals surface area contributed by atoms with E-state index >= 15 is 0 Å². The van der Waals surface area contributed by atoms with Crippen LogP contribution in [-0.2, 0) is 9.53 Å². The van der Waals surface area contributed by atoms with E-state index in [1.54, 1.807) is 31.2 Å². The van der Waals surface area contributed by atoms with Gasteiger partial charge >= 0.3 is 5.97 Å². The van der Waals surface area contributed by atoms with E-state index in [0.29, 0.717) is 23.0 Å². The standard InChI is InChI=1S/C26H27N3O3S2/c1-4-32-25(31)19-10-14-20(15-11-19)27-24(30)18(3)34-23-7-5-6-22(16-23)29-26(33)28-21-12-8-17(2)9-13-21/h5-16,18H,4H2,1-3H3,(H,27,30)(H2,28,29,33). The highest BCUT2D eigenvalue weighted by atomic mass is 32.2. The van der Waals surface area contributed by atoms with Crippen LogP contribution in [0.3, 0.4) is 0 Å². The van der Waals surface area contributed by atoms with Crippen molar-refractivity contribution in [1.82, 2.24) is 0 Å². The van der Waals surface area contributed by atoms with E-state index in [2.05, 4.69) is 16.0 Å². The molecule has 0 aliphatic heterocycles. The van der Waals surface area contributed by atoms with E-state index in [1.807, 2.05) is 62.4 Å². The number of amides is 1. The lowest BCUT2D eigenvalue weighted by Crippen LogP contribution is -2.22. The van der Waals surface area contributed by atoms with Gasteiger partial charge in [0.2, 0.25) is 5.91 Å². The summed E-state index contributed by atoms with van der Waals surface area (Å²) >= 11 is 6.86. The summed E-state index contributed by atoms with van der Waals surface area (Å²) in [4.78, 5) is 25.3. The number of carbonyl (C=O) groups is 2. The van der Waals surface area contributed by atoms with Crippen LogP contribution in [-0.4, -0.2) is 28.8 Å². The monoisotopic (exact) mass is 493 g/mol. The number of anilines is 3. The zero-order valence-electron chi connectivity index (χ0n) is 19.3. The first-order chi connectivity index (χ1) is 16.3. The third-order valence-corrected chi connectivity index (χ3v) is 6.04. The molecule has 6 nitrogen and oxygen atoms in total. The molecular formula is C26H27N3O3S2. The lowest BCUT2D eigenvalue weighted by atomic mass is 10.2. The molecule has 1 unspecified atom stereocenters.